The van der Waals surface area contributed by atoms with Crippen LogP contribution in [0.2, 0.25) is 20.1 Å². The van der Waals surface area contributed by atoms with Gasteiger partial charge in [0.25, 0.3) is 0 Å². The molecule has 0 spiro atoms. The maximum Gasteiger partial charge on any atom is 0.337 e. The number of benzene rings is 2. The Labute approximate surface area is 240 Å². The van der Waals surface area contributed by atoms with Crippen LogP contribution in [0.1, 0.15) is 27.4 Å². The third kappa shape index (κ3) is 4.00. The van der Waals surface area contributed by atoms with Gasteiger partial charge >= 0.3 is 5.97 Å². The van der Waals surface area contributed by atoms with Crippen LogP contribution in [0.3, 0.4) is 0 Å². The van der Waals surface area contributed by atoms with E-state index in [1.165, 1.54) is 12.1 Å². The van der Waals surface area contributed by atoms with Crippen molar-refractivity contribution in [1.82, 2.24) is 0 Å². The number of alkyl halides is 1. The van der Waals surface area contributed by atoms with Crippen molar-refractivity contribution in [3.8, 4) is 11.5 Å². The second-order valence-electron chi connectivity index (χ2n) is 6.85. The van der Waals surface area contributed by atoms with Crippen molar-refractivity contribution in [2.24, 2.45) is 0 Å². The van der Waals surface area contributed by atoms with Gasteiger partial charge in [0.1, 0.15) is 26.6 Å². The smallest absolute Gasteiger partial charge is 0.337 e. The lowest BCUT2D eigenvalue weighted by atomic mass is 9.78. The highest BCUT2D eigenvalue weighted by Gasteiger charge is 2.44. The molecule has 0 aromatic heterocycles. The molecule has 0 bridgehead atoms. The predicted octanol–water partition coefficient (Wildman–Crippen LogP) is 8.63. The molecule has 2 aliphatic rings. The van der Waals surface area contributed by atoms with Crippen LogP contribution < -0.4 is 4.74 Å². The molecule has 4 rings (SSSR count). The molecule has 0 amide bonds. The Balaban J connectivity index is 2.23. The molecule has 2 aromatic rings. The molecule has 5 nitrogen and oxygen atoms in total. The first-order valence-electron chi connectivity index (χ1n) is 8.65. The summed E-state index contributed by atoms with van der Waals surface area (Å²) in [5.74, 6) is -2.46. The number of allylic oxidation sites excluding steroid dienone is 4. The lowest BCUT2D eigenvalue weighted by molar-refractivity contribution is -0.114. The van der Waals surface area contributed by atoms with Gasteiger partial charge in [-0.3, -0.25) is 4.79 Å². The summed E-state index contributed by atoms with van der Waals surface area (Å²) in [7, 11) is 0. The molecule has 0 saturated heterocycles. The fourth-order valence-corrected chi connectivity index (χ4v) is 6.91. The van der Waals surface area contributed by atoms with E-state index in [2.05, 4.69) is 63.7 Å². The number of hydrogen-bond acceptors (Lipinski definition) is 4. The van der Waals surface area contributed by atoms with Gasteiger partial charge in [0.2, 0.25) is 0 Å². The van der Waals surface area contributed by atoms with Gasteiger partial charge in [-0.2, -0.15) is 0 Å². The fourth-order valence-electron chi connectivity index (χ4n) is 3.69. The predicted molar refractivity (Wildman–Crippen MR) is 141 cm³/mol. The number of ether oxygens (including phenoxy) is 1. The molecule has 0 fully saturated rings. The minimum atomic E-state index is -1.39. The highest BCUT2D eigenvalue weighted by atomic mass is 79.9. The number of hydrogen-bond donors (Lipinski definition) is 2. The maximum atomic E-state index is 12.5. The van der Waals surface area contributed by atoms with Gasteiger partial charge < -0.3 is 14.9 Å². The summed E-state index contributed by atoms with van der Waals surface area (Å²) in [4.78, 5) is 24.0. The van der Waals surface area contributed by atoms with Crippen LogP contribution in [0.5, 0.6) is 11.5 Å². The van der Waals surface area contributed by atoms with Gasteiger partial charge in [-0.1, -0.05) is 94.2 Å². The van der Waals surface area contributed by atoms with E-state index in [4.69, 9.17) is 51.1 Å². The molecule has 2 aromatic carbocycles. The number of carbonyl (C=O) groups is 2. The molecular formula is C20H6Br4Cl4O5. The molecule has 1 aliphatic heterocycles. The largest absolute Gasteiger partial charge is 0.507 e. The summed E-state index contributed by atoms with van der Waals surface area (Å²) in [5, 5.41) is 19.6. The van der Waals surface area contributed by atoms with E-state index in [0.29, 0.717) is 20.1 Å². The monoisotopic (exact) mass is 782 g/mol. The van der Waals surface area contributed by atoms with Crippen molar-refractivity contribution < 1.29 is 24.5 Å². The van der Waals surface area contributed by atoms with E-state index in [-0.39, 0.29) is 58.7 Å². The standard InChI is InChI=1S/C20H6Br4Cl4O5/c21-3-1-5(29)12(23)18-7(3)9(8-4(22)2-6(30)13(24)19(8)33-18)10-11(20(31)32)15(26)17(28)16(27)14(10)25/h1-2,9,12,30H,(H,31,32). The molecule has 2 N–H and O–H groups in total. The Kier molecular flexibility index (Phi) is 7.29. The molecule has 172 valence electrons. The normalized spacial score (nSPS) is 19.6. The number of phenols is 1. The summed E-state index contributed by atoms with van der Waals surface area (Å²) in [6, 6.07) is 1.41. The Hall–Kier alpha value is -0.260. The third-order valence-corrected chi connectivity index (χ3v) is 9.82. The number of carboxylic acid groups (broad SMARTS) is 1. The van der Waals surface area contributed by atoms with Gasteiger partial charge in [-0.25, -0.2) is 4.79 Å². The lowest BCUT2D eigenvalue weighted by Crippen LogP contribution is -2.30. The Morgan fingerprint density at radius 3 is 2.21 bits per heavy atom. The number of ketones is 1. The van der Waals surface area contributed by atoms with Crippen molar-refractivity contribution in [2.45, 2.75) is 10.7 Å². The van der Waals surface area contributed by atoms with E-state index < -0.39 is 16.7 Å². The summed E-state index contributed by atoms with van der Waals surface area (Å²) >= 11 is 38.9. The van der Waals surface area contributed by atoms with Crippen LogP contribution in [-0.2, 0) is 4.79 Å². The molecule has 1 aliphatic carbocycles. The zero-order chi connectivity index (χ0) is 24.5. The van der Waals surface area contributed by atoms with Crippen molar-refractivity contribution >= 4 is 122 Å². The fraction of sp³-hybridized carbons (Fsp3) is 0.100. The molecule has 13 heteroatoms. The Bertz CT molecular complexity index is 1360. The minimum Gasteiger partial charge on any atom is -0.507 e. The summed E-state index contributed by atoms with van der Waals surface area (Å²) in [5.41, 5.74) is 0.510. The summed E-state index contributed by atoms with van der Waals surface area (Å²) < 4.78 is 7.00. The molecule has 2 unspecified atom stereocenters. The van der Waals surface area contributed by atoms with Crippen molar-refractivity contribution in [3.05, 3.63) is 73.7 Å². The van der Waals surface area contributed by atoms with E-state index in [1.807, 2.05) is 0 Å². The third-order valence-electron chi connectivity index (χ3n) is 5.06. The molecule has 33 heavy (non-hydrogen) atoms. The summed E-state index contributed by atoms with van der Waals surface area (Å²) in [6.07, 6.45) is 1.34. The van der Waals surface area contributed by atoms with E-state index in [0.717, 1.165) is 0 Å². The average Bonchev–Trinajstić information content (AvgIpc) is 2.75. The minimum absolute atomic E-state index is 0.0401. The summed E-state index contributed by atoms with van der Waals surface area (Å²) in [6.45, 7) is 0. The number of carbonyl (C=O) groups excluding carboxylic acids is 1. The SMILES string of the molecule is O=C(O)c1c(Cl)c(Cl)c(Cl)c(Cl)c1C1C2=C(Oc3c(Br)c(O)cc(Br)c31)C(Br)C(=O)C=C2Br. The number of carboxylic acids is 1. The van der Waals surface area contributed by atoms with Crippen LogP contribution in [0, 0.1) is 0 Å². The van der Waals surface area contributed by atoms with Crippen molar-refractivity contribution in [1.29, 1.82) is 0 Å². The van der Waals surface area contributed by atoms with Gasteiger partial charge in [0, 0.05) is 31.6 Å². The molecule has 0 saturated carbocycles. The Morgan fingerprint density at radius 1 is 1.00 bits per heavy atom. The quantitative estimate of drug-likeness (QED) is 0.181. The van der Waals surface area contributed by atoms with E-state index in [9.17, 15) is 19.8 Å². The molecular weight excluding hydrogens is 782 g/mol. The number of fused-ring (bicyclic) bond motifs is 1. The van der Waals surface area contributed by atoms with Gasteiger partial charge in [0.05, 0.1) is 25.7 Å². The topological polar surface area (TPSA) is 83.8 Å². The highest BCUT2D eigenvalue weighted by molar-refractivity contribution is 9.12. The van der Waals surface area contributed by atoms with Crippen LogP contribution in [0.4, 0.5) is 0 Å². The molecule has 0 radical (unpaired) electrons. The number of halogens is 8. The van der Waals surface area contributed by atoms with Crippen molar-refractivity contribution in [3.63, 3.8) is 0 Å². The van der Waals surface area contributed by atoms with Crippen LogP contribution >= 0.6 is 110 Å². The lowest BCUT2D eigenvalue weighted by Gasteiger charge is -2.36. The van der Waals surface area contributed by atoms with Gasteiger partial charge in [-0.15, -0.1) is 0 Å². The second kappa shape index (κ2) is 9.32. The number of rotatable bonds is 2. The van der Waals surface area contributed by atoms with E-state index >= 15 is 0 Å². The number of aromatic hydroxyl groups is 1. The first-order chi connectivity index (χ1) is 15.4. The first-order valence-corrected chi connectivity index (χ1v) is 13.5. The second-order valence-corrected chi connectivity index (χ2v) is 11.8. The first kappa shape index (κ1) is 25.8. The van der Waals surface area contributed by atoms with E-state index in [1.54, 1.807) is 0 Å². The van der Waals surface area contributed by atoms with Crippen LogP contribution in [-0.4, -0.2) is 26.8 Å². The zero-order valence-corrected chi connectivity index (χ0v) is 24.8. The zero-order valence-electron chi connectivity index (χ0n) is 15.5. The molecule has 2 atom stereocenters. The van der Waals surface area contributed by atoms with Crippen LogP contribution in [0.15, 0.2) is 36.9 Å². The van der Waals surface area contributed by atoms with Crippen molar-refractivity contribution in [2.75, 3.05) is 0 Å². The number of aromatic carboxylic acids is 1. The van der Waals surface area contributed by atoms with Gasteiger partial charge in [-0.05, 0) is 28.1 Å². The Morgan fingerprint density at radius 2 is 1.61 bits per heavy atom. The maximum absolute atomic E-state index is 12.5. The average molecular weight is 788 g/mol. The van der Waals surface area contributed by atoms with Crippen LogP contribution in [0.25, 0.3) is 0 Å². The number of phenolic OH excluding ortho intramolecular Hbond substituents is 1. The highest BCUT2D eigenvalue weighted by Crippen LogP contribution is 2.58. The van der Waals surface area contributed by atoms with Gasteiger partial charge in [0.15, 0.2) is 5.78 Å². The molecule has 1 heterocycles.